The SMILES string of the molecule is CNC(C)c1ccc(F)cc1-c1cc(C)c(OC)c(C)c1. The molecule has 0 aliphatic heterocycles. The van der Waals surface area contributed by atoms with Crippen LogP contribution in [0.3, 0.4) is 0 Å². The summed E-state index contributed by atoms with van der Waals surface area (Å²) in [5.74, 6) is 0.668. The Morgan fingerprint density at radius 1 is 1.10 bits per heavy atom. The predicted octanol–water partition coefficient (Wildman–Crippen LogP) is 4.40. The van der Waals surface area contributed by atoms with E-state index >= 15 is 0 Å². The Kier molecular flexibility index (Phi) is 4.63. The molecular weight excluding hydrogens is 265 g/mol. The van der Waals surface area contributed by atoms with Gasteiger partial charge in [0.05, 0.1) is 7.11 Å². The maximum absolute atomic E-state index is 13.7. The lowest BCUT2D eigenvalue weighted by Crippen LogP contribution is -2.13. The molecule has 1 unspecified atom stereocenters. The van der Waals surface area contributed by atoms with Crippen LogP contribution in [0.5, 0.6) is 5.75 Å². The van der Waals surface area contributed by atoms with Crippen molar-refractivity contribution in [1.82, 2.24) is 5.32 Å². The van der Waals surface area contributed by atoms with Crippen molar-refractivity contribution in [2.75, 3.05) is 14.2 Å². The van der Waals surface area contributed by atoms with Gasteiger partial charge in [-0.05, 0) is 79.9 Å². The number of ether oxygens (including phenoxy) is 1. The highest BCUT2D eigenvalue weighted by Crippen LogP contribution is 2.34. The molecule has 0 aromatic heterocycles. The van der Waals surface area contributed by atoms with Crippen LogP contribution in [0.25, 0.3) is 11.1 Å². The third-order valence-corrected chi connectivity index (χ3v) is 3.89. The summed E-state index contributed by atoms with van der Waals surface area (Å²) in [5, 5.41) is 3.22. The Morgan fingerprint density at radius 3 is 2.24 bits per heavy atom. The molecule has 0 bridgehead atoms. The van der Waals surface area contributed by atoms with Crippen molar-refractivity contribution in [1.29, 1.82) is 0 Å². The van der Waals surface area contributed by atoms with E-state index in [1.165, 1.54) is 6.07 Å². The van der Waals surface area contributed by atoms with Crippen LogP contribution in [0.4, 0.5) is 4.39 Å². The lowest BCUT2D eigenvalue weighted by atomic mass is 9.93. The normalized spacial score (nSPS) is 12.3. The van der Waals surface area contributed by atoms with E-state index < -0.39 is 0 Å². The molecule has 2 rings (SSSR count). The Balaban J connectivity index is 2.63. The molecule has 1 atom stereocenters. The highest BCUT2D eigenvalue weighted by atomic mass is 19.1. The highest BCUT2D eigenvalue weighted by molar-refractivity contribution is 5.71. The van der Waals surface area contributed by atoms with Crippen LogP contribution in [0, 0.1) is 19.7 Å². The van der Waals surface area contributed by atoms with Gasteiger partial charge in [-0.15, -0.1) is 0 Å². The fraction of sp³-hybridized carbons (Fsp3) is 0.333. The fourth-order valence-corrected chi connectivity index (χ4v) is 2.74. The standard InChI is InChI=1S/C18H22FNO/c1-11-8-14(9-12(2)18(11)21-5)17-10-15(19)6-7-16(17)13(3)20-4/h6-10,13,20H,1-5H3. The monoisotopic (exact) mass is 287 g/mol. The molecule has 21 heavy (non-hydrogen) atoms. The van der Waals surface area contributed by atoms with E-state index in [4.69, 9.17) is 4.74 Å². The Bertz CT molecular complexity index is 629. The number of hydrogen-bond acceptors (Lipinski definition) is 2. The minimum Gasteiger partial charge on any atom is -0.496 e. The molecule has 0 spiro atoms. The molecule has 112 valence electrons. The fourth-order valence-electron chi connectivity index (χ4n) is 2.74. The summed E-state index contributed by atoms with van der Waals surface area (Å²) in [6, 6.07) is 9.21. The lowest BCUT2D eigenvalue weighted by Gasteiger charge is -2.18. The van der Waals surface area contributed by atoms with E-state index in [0.717, 1.165) is 33.6 Å². The van der Waals surface area contributed by atoms with Crippen molar-refractivity contribution < 1.29 is 9.13 Å². The average Bonchev–Trinajstić information content (AvgIpc) is 2.46. The third-order valence-electron chi connectivity index (χ3n) is 3.89. The van der Waals surface area contributed by atoms with Gasteiger partial charge in [-0.1, -0.05) is 6.07 Å². The van der Waals surface area contributed by atoms with Crippen molar-refractivity contribution in [2.45, 2.75) is 26.8 Å². The zero-order chi connectivity index (χ0) is 15.6. The van der Waals surface area contributed by atoms with Gasteiger partial charge in [0.25, 0.3) is 0 Å². The topological polar surface area (TPSA) is 21.3 Å². The minimum absolute atomic E-state index is 0.156. The van der Waals surface area contributed by atoms with Gasteiger partial charge >= 0.3 is 0 Å². The molecule has 0 aliphatic carbocycles. The molecular formula is C18H22FNO. The lowest BCUT2D eigenvalue weighted by molar-refractivity contribution is 0.408. The third kappa shape index (κ3) is 3.08. The van der Waals surface area contributed by atoms with Gasteiger partial charge in [0.2, 0.25) is 0 Å². The van der Waals surface area contributed by atoms with Crippen LogP contribution in [0.15, 0.2) is 30.3 Å². The Labute approximate surface area is 126 Å². The van der Waals surface area contributed by atoms with E-state index in [9.17, 15) is 4.39 Å². The van der Waals surface area contributed by atoms with E-state index in [0.29, 0.717) is 0 Å². The highest BCUT2D eigenvalue weighted by Gasteiger charge is 2.14. The minimum atomic E-state index is -0.219. The number of benzene rings is 2. The maximum Gasteiger partial charge on any atom is 0.124 e. The molecule has 0 saturated carbocycles. The van der Waals surface area contributed by atoms with Crippen molar-refractivity contribution in [3.05, 3.63) is 52.8 Å². The summed E-state index contributed by atoms with van der Waals surface area (Å²) in [5.41, 5.74) is 5.13. The number of rotatable bonds is 4. The van der Waals surface area contributed by atoms with E-state index in [2.05, 4.69) is 12.2 Å². The summed E-state index contributed by atoms with van der Waals surface area (Å²) in [6.45, 7) is 6.09. The largest absolute Gasteiger partial charge is 0.496 e. The molecule has 2 aromatic carbocycles. The Hall–Kier alpha value is -1.87. The van der Waals surface area contributed by atoms with Crippen molar-refractivity contribution >= 4 is 0 Å². The molecule has 0 heterocycles. The summed E-state index contributed by atoms with van der Waals surface area (Å²) in [7, 11) is 3.58. The maximum atomic E-state index is 13.7. The molecule has 2 nitrogen and oxygen atoms in total. The van der Waals surface area contributed by atoms with Crippen LogP contribution >= 0.6 is 0 Å². The first-order valence-electron chi connectivity index (χ1n) is 7.10. The molecule has 0 amide bonds. The van der Waals surface area contributed by atoms with E-state index in [-0.39, 0.29) is 11.9 Å². The number of halogens is 1. The van der Waals surface area contributed by atoms with Gasteiger partial charge in [-0.25, -0.2) is 4.39 Å². The zero-order valence-corrected chi connectivity index (χ0v) is 13.3. The first kappa shape index (κ1) is 15.5. The molecule has 0 saturated heterocycles. The number of nitrogens with one attached hydrogen (secondary N) is 1. The van der Waals surface area contributed by atoms with Crippen molar-refractivity contribution in [3.63, 3.8) is 0 Å². The second-order valence-corrected chi connectivity index (χ2v) is 5.39. The first-order chi connectivity index (χ1) is 9.97. The summed E-state index contributed by atoms with van der Waals surface area (Å²) < 4.78 is 19.1. The molecule has 0 aliphatic rings. The van der Waals surface area contributed by atoms with Crippen LogP contribution < -0.4 is 10.1 Å². The molecule has 2 aromatic rings. The first-order valence-corrected chi connectivity index (χ1v) is 7.10. The van der Waals surface area contributed by atoms with Crippen LogP contribution in [-0.4, -0.2) is 14.2 Å². The van der Waals surface area contributed by atoms with Crippen LogP contribution in [0.1, 0.15) is 29.7 Å². The summed E-state index contributed by atoms with van der Waals surface area (Å²) in [6.07, 6.45) is 0. The van der Waals surface area contributed by atoms with Gasteiger partial charge in [-0.3, -0.25) is 0 Å². The van der Waals surface area contributed by atoms with Crippen molar-refractivity contribution in [2.24, 2.45) is 0 Å². The Morgan fingerprint density at radius 2 is 1.71 bits per heavy atom. The van der Waals surface area contributed by atoms with Crippen LogP contribution in [-0.2, 0) is 0 Å². The second kappa shape index (κ2) is 6.27. The predicted molar refractivity (Wildman–Crippen MR) is 85.3 cm³/mol. The van der Waals surface area contributed by atoms with Gasteiger partial charge in [-0.2, -0.15) is 0 Å². The van der Waals surface area contributed by atoms with Gasteiger partial charge in [0.15, 0.2) is 0 Å². The number of hydrogen-bond donors (Lipinski definition) is 1. The number of aryl methyl sites for hydroxylation is 2. The molecule has 3 heteroatoms. The molecule has 1 N–H and O–H groups in total. The van der Waals surface area contributed by atoms with Crippen molar-refractivity contribution in [3.8, 4) is 16.9 Å². The smallest absolute Gasteiger partial charge is 0.124 e. The van der Waals surface area contributed by atoms with Crippen LogP contribution in [0.2, 0.25) is 0 Å². The number of methoxy groups -OCH3 is 1. The summed E-state index contributed by atoms with van der Waals surface area (Å²) in [4.78, 5) is 0. The van der Waals surface area contributed by atoms with Gasteiger partial charge in [0, 0.05) is 6.04 Å². The van der Waals surface area contributed by atoms with Gasteiger partial charge < -0.3 is 10.1 Å². The van der Waals surface area contributed by atoms with E-state index in [1.807, 2.05) is 39.1 Å². The quantitative estimate of drug-likeness (QED) is 0.900. The van der Waals surface area contributed by atoms with Gasteiger partial charge in [0.1, 0.15) is 11.6 Å². The summed E-state index contributed by atoms with van der Waals surface area (Å²) >= 11 is 0. The average molecular weight is 287 g/mol. The second-order valence-electron chi connectivity index (χ2n) is 5.39. The molecule has 0 radical (unpaired) electrons. The van der Waals surface area contributed by atoms with E-state index in [1.54, 1.807) is 13.2 Å². The zero-order valence-electron chi connectivity index (χ0n) is 13.3. The molecule has 0 fully saturated rings.